The summed E-state index contributed by atoms with van der Waals surface area (Å²) in [4.78, 5) is 22.9. The van der Waals surface area contributed by atoms with Crippen molar-refractivity contribution in [2.45, 2.75) is 63.8 Å². The first kappa shape index (κ1) is 25.0. The van der Waals surface area contributed by atoms with Gasteiger partial charge in [0.15, 0.2) is 0 Å². The van der Waals surface area contributed by atoms with Crippen LogP contribution in [-0.2, 0) is 22.4 Å². The minimum atomic E-state index is -1.26. The van der Waals surface area contributed by atoms with E-state index in [2.05, 4.69) is 37.8 Å². The number of hydrogen-bond acceptors (Lipinski definition) is 5. The second-order valence-corrected chi connectivity index (χ2v) is 8.06. The highest BCUT2D eigenvalue weighted by atomic mass is 32.2. The molecule has 2 rings (SSSR count). The van der Waals surface area contributed by atoms with E-state index in [1.54, 1.807) is 0 Å². The van der Waals surface area contributed by atoms with Crippen LogP contribution in [0.1, 0.15) is 51.2 Å². The van der Waals surface area contributed by atoms with Crippen molar-refractivity contribution >= 4 is 23.7 Å². The zero-order valence-electron chi connectivity index (χ0n) is 17.6. The normalized spacial score (nSPS) is 15.7. The fraction of sp³-hybridized carbons (Fsp3) is 0.545. The first-order valence-corrected chi connectivity index (χ1v) is 11.2. The molecule has 6 nitrogen and oxygen atoms in total. The Labute approximate surface area is 177 Å². The van der Waals surface area contributed by atoms with E-state index in [9.17, 15) is 14.7 Å². The molecule has 0 aliphatic carbocycles. The topological polar surface area (TPSA) is 98.1 Å². The SMILES string of the molecule is CCCc1ccc2c(c1O)SCC(N(CCC)CCC)C2.O=C(O)C=CC(=O)O. The predicted octanol–water partition coefficient (Wildman–Crippen LogP) is 4.20. The second kappa shape index (κ2) is 13.3. The largest absolute Gasteiger partial charge is 0.506 e. The Morgan fingerprint density at radius 2 is 1.66 bits per heavy atom. The summed E-state index contributed by atoms with van der Waals surface area (Å²) in [5.74, 6) is -0.856. The first-order chi connectivity index (χ1) is 13.8. The molecule has 1 aromatic rings. The highest BCUT2D eigenvalue weighted by Crippen LogP contribution is 2.40. The number of hydrogen-bond donors (Lipinski definition) is 3. The van der Waals surface area contributed by atoms with Gasteiger partial charge in [-0.25, -0.2) is 9.59 Å². The number of carboxylic acids is 2. The van der Waals surface area contributed by atoms with E-state index in [1.165, 1.54) is 31.5 Å². The number of thioether (sulfide) groups is 1. The molecule has 162 valence electrons. The molecule has 0 radical (unpaired) electrons. The van der Waals surface area contributed by atoms with Crippen LogP contribution in [0.4, 0.5) is 0 Å². The lowest BCUT2D eigenvalue weighted by molar-refractivity contribution is -0.134. The maximum absolute atomic E-state index is 10.5. The van der Waals surface area contributed by atoms with Gasteiger partial charge in [0.1, 0.15) is 5.75 Å². The van der Waals surface area contributed by atoms with E-state index in [0.29, 0.717) is 23.9 Å². The lowest BCUT2D eigenvalue weighted by atomic mass is 10.00. The maximum atomic E-state index is 10.5. The summed E-state index contributed by atoms with van der Waals surface area (Å²) in [6.45, 7) is 9.06. The Kier molecular flexibility index (Phi) is 11.5. The second-order valence-electron chi connectivity index (χ2n) is 7.03. The number of fused-ring (bicyclic) bond motifs is 1. The average Bonchev–Trinajstić information content (AvgIpc) is 2.69. The van der Waals surface area contributed by atoms with E-state index in [1.807, 2.05) is 11.8 Å². The highest BCUT2D eigenvalue weighted by molar-refractivity contribution is 7.99. The molecule has 1 aliphatic rings. The summed E-state index contributed by atoms with van der Waals surface area (Å²) in [5, 5.41) is 26.1. The number of phenols is 1. The van der Waals surface area contributed by atoms with Gasteiger partial charge in [0.05, 0.1) is 4.90 Å². The molecule has 1 atom stereocenters. The maximum Gasteiger partial charge on any atom is 0.328 e. The van der Waals surface area contributed by atoms with Crippen molar-refractivity contribution in [2.75, 3.05) is 18.8 Å². The fourth-order valence-electron chi connectivity index (χ4n) is 3.37. The average molecular weight is 424 g/mol. The van der Waals surface area contributed by atoms with Gasteiger partial charge in [-0.05, 0) is 49.9 Å². The van der Waals surface area contributed by atoms with Gasteiger partial charge in [0.25, 0.3) is 0 Å². The molecule has 0 spiro atoms. The Morgan fingerprint density at radius 1 is 1.07 bits per heavy atom. The van der Waals surface area contributed by atoms with Crippen molar-refractivity contribution in [3.63, 3.8) is 0 Å². The van der Waals surface area contributed by atoms with Crippen molar-refractivity contribution in [1.82, 2.24) is 4.90 Å². The van der Waals surface area contributed by atoms with Crippen LogP contribution in [0.25, 0.3) is 0 Å². The molecule has 0 saturated heterocycles. The summed E-state index contributed by atoms with van der Waals surface area (Å²) in [6, 6.07) is 5.00. The molecule has 7 heteroatoms. The van der Waals surface area contributed by atoms with Gasteiger partial charge in [-0.3, -0.25) is 4.90 Å². The van der Waals surface area contributed by atoms with Gasteiger partial charge < -0.3 is 15.3 Å². The Balaban J connectivity index is 0.000000447. The molecule has 1 aliphatic heterocycles. The number of phenolic OH excluding ortho intramolecular Hbond substituents is 1. The zero-order chi connectivity index (χ0) is 21.8. The van der Waals surface area contributed by atoms with Crippen LogP contribution in [0.15, 0.2) is 29.2 Å². The van der Waals surface area contributed by atoms with Crippen molar-refractivity contribution in [1.29, 1.82) is 0 Å². The number of aliphatic carboxylic acids is 2. The monoisotopic (exact) mass is 423 g/mol. The molecule has 3 N–H and O–H groups in total. The Hall–Kier alpha value is -1.99. The van der Waals surface area contributed by atoms with Gasteiger partial charge in [-0.15, -0.1) is 11.8 Å². The van der Waals surface area contributed by atoms with Gasteiger partial charge >= 0.3 is 11.9 Å². The summed E-state index contributed by atoms with van der Waals surface area (Å²) in [5.41, 5.74) is 2.45. The van der Waals surface area contributed by atoms with Crippen LogP contribution in [0, 0.1) is 0 Å². The van der Waals surface area contributed by atoms with E-state index in [-0.39, 0.29) is 0 Å². The quantitative estimate of drug-likeness (QED) is 0.512. The van der Waals surface area contributed by atoms with E-state index >= 15 is 0 Å². The number of benzene rings is 1. The van der Waals surface area contributed by atoms with E-state index < -0.39 is 11.9 Å². The van der Waals surface area contributed by atoms with Gasteiger partial charge in [0, 0.05) is 23.9 Å². The standard InChI is InChI=1S/C18H29NOS.C4H4O4/c1-4-7-14-8-9-15-12-16(13-21-18(15)17(14)20)19(10-5-2)11-6-3;5-3(6)1-2-4(7)8/h8-9,16,20H,4-7,10-13H2,1-3H3;1-2H,(H,5,6)(H,7,8). The molecule has 0 amide bonds. The van der Waals surface area contributed by atoms with Crippen molar-refractivity contribution in [3.05, 3.63) is 35.4 Å². The third-order valence-corrected chi connectivity index (χ3v) is 5.89. The van der Waals surface area contributed by atoms with Crippen molar-refractivity contribution in [2.24, 2.45) is 0 Å². The minimum Gasteiger partial charge on any atom is -0.506 e. The summed E-state index contributed by atoms with van der Waals surface area (Å²) < 4.78 is 0. The van der Waals surface area contributed by atoms with Crippen LogP contribution in [0.2, 0.25) is 0 Å². The summed E-state index contributed by atoms with van der Waals surface area (Å²) in [7, 11) is 0. The molecule has 0 fully saturated rings. The third kappa shape index (κ3) is 8.50. The lowest BCUT2D eigenvalue weighted by Gasteiger charge is -2.35. The van der Waals surface area contributed by atoms with Crippen LogP contribution in [0.5, 0.6) is 5.75 Å². The van der Waals surface area contributed by atoms with Crippen LogP contribution >= 0.6 is 11.8 Å². The first-order valence-electron chi connectivity index (χ1n) is 10.2. The summed E-state index contributed by atoms with van der Waals surface area (Å²) in [6.07, 6.45) is 6.69. The zero-order valence-corrected chi connectivity index (χ0v) is 18.4. The van der Waals surface area contributed by atoms with E-state index in [0.717, 1.165) is 35.5 Å². The molecule has 1 aromatic carbocycles. The molecule has 1 unspecified atom stereocenters. The van der Waals surface area contributed by atoms with Crippen LogP contribution < -0.4 is 0 Å². The molecular formula is C22H33NO5S. The Morgan fingerprint density at radius 3 is 2.14 bits per heavy atom. The smallest absolute Gasteiger partial charge is 0.328 e. The fourth-order valence-corrected chi connectivity index (χ4v) is 4.66. The molecule has 0 aromatic heterocycles. The van der Waals surface area contributed by atoms with Gasteiger partial charge in [-0.1, -0.05) is 39.3 Å². The minimum absolute atomic E-state index is 0.551. The Bertz CT molecular complexity index is 683. The number of rotatable bonds is 9. The van der Waals surface area contributed by atoms with Gasteiger partial charge in [-0.2, -0.15) is 0 Å². The predicted molar refractivity (Wildman–Crippen MR) is 117 cm³/mol. The molecule has 0 saturated carbocycles. The van der Waals surface area contributed by atoms with Crippen molar-refractivity contribution in [3.8, 4) is 5.75 Å². The third-order valence-electron chi connectivity index (χ3n) is 4.60. The number of carboxylic acid groups (broad SMARTS) is 2. The van der Waals surface area contributed by atoms with Gasteiger partial charge in [0.2, 0.25) is 0 Å². The summed E-state index contributed by atoms with van der Waals surface area (Å²) >= 11 is 1.85. The highest BCUT2D eigenvalue weighted by Gasteiger charge is 2.26. The van der Waals surface area contributed by atoms with Crippen LogP contribution in [-0.4, -0.2) is 57.0 Å². The number of carbonyl (C=O) groups is 2. The molecule has 1 heterocycles. The van der Waals surface area contributed by atoms with Crippen LogP contribution in [0.3, 0.4) is 0 Å². The number of aromatic hydroxyl groups is 1. The molecular weight excluding hydrogens is 390 g/mol. The number of aryl methyl sites for hydroxylation is 1. The number of nitrogens with zero attached hydrogens (tertiary/aromatic N) is 1. The van der Waals surface area contributed by atoms with Crippen molar-refractivity contribution < 1.29 is 24.9 Å². The molecule has 0 bridgehead atoms. The lowest BCUT2D eigenvalue weighted by Crippen LogP contribution is -2.41. The molecule has 29 heavy (non-hydrogen) atoms. The van der Waals surface area contributed by atoms with E-state index in [4.69, 9.17) is 10.2 Å².